The van der Waals surface area contributed by atoms with E-state index in [0.29, 0.717) is 30.3 Å². The molecule has 0 aliphatic carbocycles. The van der Waals surface area contributed by atoms with E-state index in [1.165, 1.54) is 30.3 Å². The summed E-state index contributed by atoms with van der Waals surface area (Å²) in [5.74, 6) is -0.338. The van der Waals surface area contributed by atoms with E-state index in [1.54, 1.807) is 35.9 Å². The molecule has 0 unspecified atom stereocenters. The highest BCUT2D eigenvalue weighted by atomic mass is 35.5. The number of aliphatic hydroxyl groups excluding tert-OH is 1. The number of nitrogens with one attached hydrogen (secondary N) is 2. The van der Waals surface area contributed by atoms with Crippen LogP contribution in [-0.4, -0.2) is 92.9 Å². The molecule has 13 heteroatoms. The number of hydrogen-bond donors (Lipinski definition) is 3. The van der Waals surface area contributed by atoms with Crippen molar-refractivity contribution in [3.8, 4) is 5.75 Å². The first-order valence-electron chi connectivity index (χ1n) is 15.4. The molecule has 3 N–H and O–H groups in total. The van der Waals surface area contributed by atoms with Crippen LogP contribution in [-0.2, 0) is 14.8 Å². The van der Waals surface area contributed by atoms with Crippen molar-refractivity contribution in [1.29, 1.82) is 0 Å². The summed E-state index contributed by atoms with van der Waals surface area (Å²) in [4.78, 5) is 30.1. The van der Waals surface area contributed by atoms with Crippen molar-refractivity contribution in [2.45, 2.75) is 83.1 Å². The van der Waals surface area contributed by atoms with Crippen LogP contribution in [0.2, 0.25) is 5.02 Å². The van der Waals surface area contributed by atoms with Gasteiger partial charge < -0.3 is 29.7 Å². The van der Waals surface area contributed by atoms with Gasteiger partial charge in [-0.1, -0.05) is 18.5 Å². The van der Waals surface area contributed by atoms with Crippen molar-refractivity contribution in [2.75, 3.05) is 38.1 Å². The fourth-order valence-corrected chi connectivity index (χ4v) is 6.16. The molecule has 0 saturated heterocycles. The Morgan fingerprint density at radius 3 is 2.47 bits per heavy atom. The second-order valence-electron chi connectivity index (χ2n) is 12.1. The Labute approximate surface area is 272 Å². The molecule has 4 atom stereocenters. The molecule has 11 nitrogen and oxygen atoms in total. The van der Waals surface area contributed by atoms with Crippen molar-refractivity contribution in [3.63, 3.8) is 0 Å². The number of rotatable bonds is 8. The molecule has 45 heavy (non-hydrogen) atoms. The lowest BCUT2D eigenvalue weighted by atomic mass is 10.0. The Morgan fingerprint density at radius 2 is 1.82 bits per heavy atom. The molecule has 0 bridgehead atoms. The Balaban J connectivity index is 1.98. The van der Waals surface area contributed by atoms with E-state index in [1.807, 2.05) is 27.7 Å². The Kier molecular flexibility index (Phi) is 13.3. The highest BCUT2D eigenvalue weighted by Gasteiger charge is 2.31. The van der Waals surface area contributed by atoms with E-state index >= 15 is 0 Å². The summed E-state index contributed by atoms with van der Waals surface area (Å²) < 4.78 is 41.3. The number of fused-ring (bicyclic) bond motifs is 1. The zero-order valence-corrected chi connectivity index (χ0v) is 28.5. The Bertz CT molecular complexity index is 1390. The van der Waals surface area contributed by atoms with E-state index in [9.17, 15) is 23.1 Å². The lowest BCUT2D eigenvalue weighted by molar-refractivity contribution is -0.0122. The number of benzene rings is 2. The number of ether oxygens (including phenoxy) is 2. The smallest absolute Gasteiger partial charge is 0.317 e. The van der Waals surface area contributed by atoms with Gasteiger partial charge in [-0.15, -0.1) is 0 Å². The Hall–Kier alpha value is -3.06. The molecule has 2 aromatic carbocycles. The maximum absolute atomic E-state index is 14.3. The number of carbonyl (C=O) groups is 2. The second kappa shape index (κ2) is 16.5. The van der Waals surface area contributed by atoms with Gasteiger partial charge in [-0.3, -0.25) is 9.52 Å². The normalized spacial score (nSPS) is 20.9. The molecular formula is C32H47ClN4O7S. The minimum Gasteiger partial charge on any atom is -0.490 e. The van der Waals surface area contributed by atoms with Gasteiger partial charge in [0.25, 0.3) is 15.9 Å². The van der Waals surface area contributed by atoms with Crippen LogP contribution < -0.4 is 14.8 Å². The van der Waals surface area contributed by atoms with Crippen molar-refractivity contribution in [2.24, 2.45) is 5.92 Å². The summed E-state index contributed by atoms with van der Waals surface area (Å²) >= 11 is 5.93. The molecule has 0 saturated carbocycles. The highest BCUT2D eigenvalue weighted by Crippen LogP contribution is 2.29. The number of sulfonamides is 1. The summed E-state index contributed by atoms with van der Waals surface area (Å²) in [5, 5.41) is 13.4. The molecule has 1 aliphatic heterocycles. The van der Waals surface area contributed by atoms with Gasteiger partial charge in [-0.05, 0) is 89.4 Å². The maximum Gasteiger partial charge on any atom is 0.317 e. The van der Waals surface area contributed by atoms with Gasteiger partial charge in [0, 0.05) is 49.4 Å². The average molecular weight is 667 g/mol. The number of halogens is 1. The van der Waals surface area contributed by atoms with Crippen LogP contribution in [0.1, 0.15) is 64.2 Å². The van der Waals surface area contributed by atoms with Crippen LogP contribution in [0.25, 0.3) is 0 Å². The third kappa shape index (κ3) is 10.5. The van der Waals surface area contributed by atoms with Crippen LogP contribution >= 0.6 is 11.6 Å². The van der Waals surface area contributed by atoms with E-state index in [4.69, 9.17) is 21.1 Å². The molecule has 3 rings (SSSR count). The van der Waals surface area contributed by atoms with Crippen molar-refractivity contribution in [3.05, 3.63) is 53.1 Å². The van der Waals surface area contributed by atoms with Gasteiger partial charge in [0.05, 0.1) is 35.3 Å². The number of anilines is 1. The van der Waals surface area contributed by atoms with Crippen LogP contribution in [0.5, 0.6) is 5.75 Å². The van der Waals surface area contributed by atoms with Crippen molar-refractivity contribution >= 4 is 39.2 Å². The molecule has 1 aliphatic rings. The number of hydrogen-bond acceptors (Lipinski definition) is 7. The highest BCUT2D eigenvalue weighted by molar-refractivity contribution is 7.92. The molecule has 3 amide bonds. The standard InChI is InChI=1S/C32H47ClN4O7S/c1-21(2)34-32(40)36(6)19-30-22(3)18-37(23(4)20-38)31(39)28-17-26(35-45(41,42)27-13-10-25(33)11-14-27)12-15-29(28)44-24(5)9-7-8-16-43-30/h10-15,17,21-24,30,35,38H,7-9,16,18-20H2,1-6H3,(H,34,40)/t22-,23-,24-,30-/m0/s1. The largest absolute Gasteiger partial charge is 0.490 e. The first kappa shape index (κ1) is 36.4. The predicted octanol–water partition coefficient (Wildman–Crippen LogP) is 4.99. The average Bonchev–Trinajstić information content (AvgIpc) is 2.98. The summed E-state index contributed by atoms with van der Waals surface area (Å²) in [6, 6.07) is 9.56. The summed E-state index contributed by atoms with van der Waals surface area (Å²) in [7, 11) is -2.27. The fourth-order valence-electron chi connectivity index (χ4n) is 4.99. The quantitative estimate of drug-likeness (QED) is 0.361. The molecule has 0 aromatic heterocycles. The molecule has 1 heterocycles. The van der Waals surface area contributed by atoms with Crippen LogP contribution in [0, 0.1) is 5.92 Å². The molecule has 2 aromatic rings. The number of likely N-dealkylation sites (N-methyl/N-ethyl adjacent to an activating group) is 1. The summed E-state index contributed by atoms with van der Waals surface area (Å²) in [6.45, 7) is 10.1. The summed E-state index contributed by atoms with van der Waals surface area (Å²) in [5.41, 5.74) is 0.340. The zero-order chi connectivity index (χ0) is 33.3. The maximum atomic E-state index is 14.3. The minimum absolute atomic E-state index is 0.0191. The number of aliphatic hydroxyl groups is 1. The lowest BCUT2D eigenvalue weighted by Gasteiger charge is -2.36. The van der Waals surface area contributed by atoms with E-state index in [2.05, 4.69) is 10.0 Å². The van der Waals surface area contributed by atoms with E-state index in [0.717, 1.165) is 12.8 Å². The molecule has 0 fully saturated rings. The molecule has 250 valence electrons. The minimum atomic E-state index is -3.98. The molecule has 0 spiro atoms. The van der Waals surface area contributed by atoms with Gasteiger partial charge >= 0.3 is 6.03 Å². The van der Waals surface area contributed by atoms with Gasteiger partial charge in [0.15, 0.2) is 0 Å². The molecule has 0 radical (unpaired) electrons. The van der Waals surface area contributed by atoms with Gasteiger partial charge in [0.2, 0.25) is 0 Å². The SMILES string of the molecule is CC(C)NC(=O)N(C)C[C@@H]1OCCCC[C@H](C)Oc2ccc(NS(=O)(=O)c3ccc(Cl)cc3)cc2C(=O)N([C@@H](C)CO)C[C@@H]1C. The third-order valence-corrected chi connectivity index (χ3v) is 9.29. The van der Waals surface area contributed by atoms with E-state index < -0.39 is 22.0 Å². The van der Waals surface area contributed by atoms with Crippen molar-refractivity contribution in [1.82, 2.24) is 15.1 Å². The summed E-state index contributed by atoms with van der Waals surface area (Å²) in [6.07, 6.45) is 1.69. The molecular weight excluding hydrogens is 620 g/mol. The fraction of sp³-hybridized carbons (Fsp3) is 0.562. The van der Waals surface area contributed by atoms with Crippen LogP contribution in [0.4, 0.5) is 10.5 Å². The zero-order valence-electron chi connectivity index (χ0n) is 27.0. The van der Waals surface area contributed by atoms with Crippen molar-refractivity contribution < 1.29 is 32.6 Å². The first-order valence-corrected chi connectivity index (χ1v) is 17.2. The lowest BCUT2D eigenvalue weighted by Crippen LogP contribution is -2.49. The van der Waals surface area contributed by atoms with Gasteiger partial charge in [-0.2, -0.15) is 0 Å². The monoisotopic (exact) mass is 666 g/mol. The topological polar surface area (TPSA) is 138 Å². The van der Waals surface area contributed by atoms with E-state index in [-0.39, 0.29) is 59.5 Å². The Morgan fingerprint density at radius 1 is 1.13 bits per heavy atom. The third-order valence-electron chi connectivity index (χ3n) is 7.64. The first-order chi connectivity index (χ1) is 21.2. The predicted molar refractivity (Wildman–Crippen MR) is 175 cm³/mol. The van der Waals surface area contributed by atoms with Gasteiger partial charge in [0.1, 0.15) is 5.75 Å². The van der Waals surface area contributed by atoms with Gasteiger partial charge in [-0.25, -0.2) is 13.2 Å². The number of carbonyl (C=O) groups excluding carboxylic acids is 2. The number of amides is 3. The number of nitrogens with zero attached hydrogens (tertiary/aromatic N) is 2. The van der Waals surface area contributed by atoms with Crippen LogP contribution in [0.3, 0.4) is 0 Å². The number of urea groups is 1. The second-order valence-corrected chi connectivity index (χ2v) is 14.2. The van der Waals surface area contributed by atoms with Crippen LogP contribution in [0.15, 0.2) is 47.4 Å².